The topological polar surface area (TPSA) is 21.1 Å². The van der Waals surface area contributed by atoms with E-state index in [0.717, 1.165) is 17.0 Å². The molecule has 0 radical (unpaired) electrons. The zero-order chi connectivity index (χ0) is 16.7. The van der Waals surface area contributed by atoms with Crippen molar-refractivity contribution in [3.05, 3.63) is 34.9 Å². The summed E-state index contributed by atoms with van der Waals surface area (Å²) in [4.78, 5) is 1.70. The maximum atomic E-state index is 6.05. The Morgan fingerprint density at radius 3 is 2.35 bits per heavy atom. The fourth-order valence-corrected chi connectivity index (χ4v) is 3.77. The normalized spacial score (nSPS) is 23.2. The highest BCUT2D eigenvalue weighted by Crippen LogP contribution is 2.27. The molecule has 130 valence electrons. The number of benzene rings is 1. The largest absolute Gasteiger partial charge is 0.343 e. The molecule has 2 rings (SSSR count). The molecule has 1 heterocycles. The minimum Gasteiger partial charge on any atom is -0.343 e. The summed E-state index contributed by atoms with van der Waals surface area (Å²) in [6.45, 7) is 8.59. The van der Waals surface area contributed by atoms with Crippen LogP contribution in [-0.2, 0) is 0 Å². The molecule has 0 amide bonds. The van der Waals surface area contributed by atoms with E-state index >= 15 is 0 Å². The van der Waals surface area contributed by atoms with Crippen LogP contribution in [0, 0.1) is 5.92 Å². The van der Waals surface area contributed by atoms with Crippen LogP contribution in [0.3, 0.4) is 0 Å². The van der Waals surface area contributed by atoms with Gasteiger partial charge >= 0.3 is 0 Å². The molecule has 2 nitrogen and oxygen atoms in total. The fourth-order valence-electron chi connectivity index (χ4n) is 3.65. The minimum absolute atomic E-state index is 0.683. The standard InChI is InChI=1S/C20H33ClN2/c1-16(2)4-5-18(17-6-8-19(21)9-7-17)10-13-22-20-11-14-23(3)15-12-20/h6-9,16,18,20,22H,4-5,10-15H2,1-3H3/p+2/t18-/m0/s1. The second-order valence-electron chi connectivity index (χ2n) is 7.83. The molecular formula is C20H35ClN2+2. The van der Waals surface area contributed by atoms with Crippen molar-refractivity contribution in [1.82, 2.24) is 0 Å². The van der Waals surface area contributed by atoms with Gasteiger partial charge in [0.15, 0.2) is 0 Å². The van der Waals surface area contributed by atoms with Crippen LogP contribution in [0.15, 0.2) is 24.3 Å². The van der Waals surface area contributed by atoms with Crippen molar-refractivity contribution >= 4 is 11.6 Å². The molecule has 1 aromatic rings. The van der Waals surface area contributed by atoms with Crippen LogP contribution < -0.4 is 10.2 Å². The van der Waals surface area contributed by atoms with Gasteiger partial charge < -0.3 is 10.2 Å². The Bertz CT molecular complexity index is 435. The van der Waals surface area contributed by atoms with Crippen molar-refractivity contribution in [3.8, 4) is 0 Å². The molecule has 1 aliphatic rings. The molecule has 0 aliphatic carbocycles. The van der Waals surface area contributed by atoms with Gasteiger partial charge in [0.2, 0.25) is 0 Å². The number of piperidine rings is 1. The first-order valence-electron chi connectivity index (χ1n) is 9.44. The number of rotatable bonds is 8. The van der Waals surface area contributed by atoms with Gasteiger partial charge in [-0.15, -0.1) is 0 Å². The van der Waals surface area contributed by atoms with Gasteiger partial charge in [-0.25, -0.2) is 0 Å². The van der Waals surface area contributed by atoms with E-state index in [1.54, 1.807) is 4.90 Å². The van der Waals surface area contributed by atoms with Crippen LogP contribution in [0.1, 0.15) is 57.4 Å². The molecule has 0 spiro atoms. The van der Waals surface area contributed by atoms with E-state index in [2.05, 4.69) is 38.3 Å². The summed E-state index contributed by atoms with van der Waals surface area (Å²) in [7, 11) is 2.32. The number of halogens is 1. The van der Waals surface area contributed by atoms with Crippen LogP contribution in [0.2, 0.25) is 5.02 Å². The van der Waals surface area contributed by atoms with Gasteiger partial charge in [0.1, 0.15) is 0 Å². The summed E-state index contributed by atoms with van der Waals surface area (Å²) in [6.07, 6.45) is 6.65. The second kappa shape index (κ2) is 9.66. The Morgan fingerprint density at radius 1 is 1.09 bits per heavy atom. The van der Waals surface area contributed by atoms with Crippen LogP contribution >= 0.6 is 11.6 Å². The van der Waals surface area contributed by atoms with Crippen LogP contribution in [0.4, 0.5) is 0 Å². The lowest BCUT2D eigenvalue weighted by molar-refractivity contribution is -0.894. The van der Waals surface area contributed by atoms with Crippen molar-refractivity contribution in [2.24, 2.45) is 5.92 Å². The zero-order valence-corrected chi connectivity index (χ0v) is 15.9. The smallest absolute Gasteiger partial charge is 0.0967 e. The van der Waals surface area contributed by atoms with Crippen molar-refractivity contribution in [2.75, 3.05) is 26.7 Å². The molecule has 0 unspecified atom stereocenters. The van der Waals surface area contributed by atoms with Crippen molar-refractivity contribution in [1.29, 1.82) is 0 Å². The Kier molecular flexibility index (Phi) is 7.88. The van der Waals surface area contributed by atoms with Gasteiger partial charge in [0.25, 0.3) is 0 Å². The maximum Gasteiger partial charge on any atom is 0.0967 e. The average Bonchev–Trinajstić information content (AvgIpc) is 2.53. The summed E-state index contributed by atoms with van der Waals surface area (Å²) in [5.41, 5.74) is 1.47. The van der Waals surface area contributed by atoms with Gasteiger partial charge in [-0.1, -0.05) is 44.0 Å². The zero-order valence-electron chi connectivity index (χ0n) is 15.2. The predicted molar refractivity (Wildman–Crippen MR) is 99.3 cm³/mol. The molecule has 1 saturated heterocycles. The van der Waals surface area contributed by atoms with E-state index in [1.807, 2.05) is 12.1 Å². The third kappa shape index (κ3) is 6.82. The van der Waals surface area contributed by atoms with E-state index in [9.17, 15) is 0 Å². The lowest BCUT2D eigenvalue weighted by Crippen LogP contribution is -3.12. The molecule has 1 aromatic carbocycles. The molecule has 1 atom stereocenters. The number of hydrogen-bond donors (Lipinski definition) is 2. The lowest BCUT2D eigenvalue weighted by atomic mass is 9.88. The SMILES string of the molecule is CC(C)CC[C@@H](CC[NH2+]C1CC[NH+](C)CC1)c1ccc(Cl)cc1. The number of likely N-dealkylation sites (tertiary alicyclic amines) is 1. The molecule has 0 bridgehead atoms. The van der Waals surface area contributed by atoms with Crippen molar-refractivity contribution < 1.29 is 10.2 Å². The molecule has 1 aliphatic heterocycles. The molecule has 0 aromatic heterocycles. The Balaban J connectivity index is 1.83. The number of nitrogens with one attached hydrogen (secondary N) is 1. The predicted octanol–water partition coefficient (Wildman–Crippen LogP) is 2.49. The first-order chi connectivity index (χ1) is 11.0. The average molecular weight is 339 g/mol. The Morgan fingerprint density at radius 2 is 1.74 bits per heavy atom. The lowest BCUT2D eigenvalue weighted by Gasteiger charge is -2.26. The first kappa shape index (κ1) is 18.8. The van der Waals surface area contributed by atoms with Gasteiger partial charge in [-0.05, 0) is 36.0 Å². The summed E-state index contributed by atoms with van der Waals surface area (Å²) in [6, 6.07) is 9.40. The highest BCUT2D eigenvalue weighted by molar-refractivity contribution is 6.30. The summed E-state index contributed by atoms with van der Waals surface area (Å²) in [5, 5.41) is 3.46. The maximum absolute atomic E-state index is 6.05. The number of nitrogens with two attached hydrogens (primary N) is 1. The summed E-state index contributed by atoms with van der Waals surface area (Å²) in [5.74, 6) is 1.47. The Hall–Kier alpha value is -0.570. The van der Waals surface area contributed by atoms with Gasteiger partial charge in [0.05, 0.1) is 32.7 Å². The quantitative estimate of drug-likeness (QED) is 0.726. The first-order valence-corrected chi connectivity index (χ1v) is 9.82. The van der Waals surface area contributed by atoms with Crippen LogP contribution in [0.5, 0.6) is 0 Å². The molecule has 1 fully saturated rings. The van der Waals surface area contributed by atoms with E-state index in [1.165, 1.54) is 57.3 Å². The molecule has 23 heavy (non-hydrogen) atoms. The van der Waals surface area contributed by atoms with E-state index in [-0.39, 0.29) is 0 Å². The van der Waals surface area contributed by atoms with Gasteiger partial charge in [0, 0.05) is 24.3 Å². The molecule has 3 heteroatoms. The van der Waals surface area contributed by atoms with Gasteiger partial charge in [-0.3, -0.25) is 0 Å². The molecule has 0 saturated carbocycles. The second-order valence-corrected chi connectivity index (χ2v) is 8.26. The fraction of sp³-hybridized carbons (Fsp3) is 0.700. The van der Waals surface area contributed by atoms with E-state index in [0.29, 0.717) is 5.92 Å². The third-order valence-electron chi connectivity index (χ3n) is 5.33. The van der Waals surface area contributed by atoms with Gasteiger partial charge in [-0.2, -0.15) is 0 Å². The van der Waals surface area contributed by atoms with Crippen molar-refractivity contribution in [3.63, 3.8) is 0 Å². The van der Waals surface area contributed by atoms with Crippen molar-refractivity contribution in [2.45, 2.75) is 57.9 Å². The van der Waals surface area contributed by atoms with Crippen LogP contribution in [-0.4, -0.2) is 32.7 Å². The molecule has 3 N–H and O–H groups in total. The summed E-state index contributed by atoms with van der Waals surface area (Å²) < 4.78 is 0. The highest BCUT2D eigenvalue weighted by atomic mass is 35.5. The van der Waals surface area contributed by atoms with E-state index < -0.39 is 0 Å². The Labute approximate surface area is 147 Å². The third-order valence-corrected chi connectivity index (χ3v) is 5.58. The van der Waals surface area contributed by atoms with E-state index in [4.69, 9.17) is 11.6 Å². The summed E-state index contributed by atoms with van der Waals surface area (Å²) >= 11 is 6.05. The minimum atomic E-state index is 0.683. The number of quaternary nitrogens is 2. The monoisotopic (exact) mass is 338 g/mol. The van der Waals surface area contributed by atoms with Crippen LogP contribution in [0.25, 0.3) is 0 Å². The number of hydrogen-bond acceptors (Lipinski definition) is 0. The molecular weight excluding hydrogens is 304 g/mol. The highest BCUT2D eigenvalue weighted by Gasteiger charge is 2.22.